The standard InChI is InChI=1S/C20H19FN8O/c1-13(2)18(29-26-19(25-27-29)14-6-4-3-5-7-14)20(30)24-15-8-9-17(16(21)10-15)28-12-22-11-23-28/h3-13,18H,1-2H3,(H,24,30). The molecule has 152 valence electrons. The number of carbonyl (C=O) groups is 1. The van der Waals surface area contributed by atoms with Gasteiger partial charge in [-0.15, -0.1) is 10.2 Å². The van der Waals surface area contributed by atoms with Crippen molar-refractivity contribution in [1.82, 2.24) is 35.0 Å². The molecule has 2 aromatic heterocycles. The highest BCUT2D eigenvalue weighted by atomic mass is 19.1. The van der Waals surface area contributed by atoms with Gasteiger partial charge in [-0.3, -0.25) is 4.79 Å². The van der Waals surface area contributed by atoms with Gasteiger partial charge in [0.2, 0.25) is 5.82 Å². The van der Waals surface area contributed by atoms with Crippen LogP contribution in [0, 0.1) is 11.7 Å². The van der Waals surface area contributed by atoms with Crippen LogP contribution in [-0.4, -0.2) is 40.9 Å². The van der Waals surface area contributed by atoms with Gasteiger partial charge in [-0.05, 0) is 29.3 Å². The highest BCUT2D eigenvalue weighted by molar-refractivity contribution is 5.93. The van der Waals surface area contributed by atoms with E-state index in [-0.39, 0.29) is 17.5 Å². The third-order valence-electron chi connectivity index (χ3n) is 4.49. The fourth-order valence-corrected chi connectivity index (χ4v) is 3.04. The Kier molecular flexibility index (Phi) is 5.29. The number of aromatic nitrogens is 7. The Morgan fingerprint density at radius 3 is 2.60 bits per heavy atom. The van der Waals surface area contributed by atoms with Gasteiger partial charge in [-0.1, -0.05) is 44.2 Å². The fraction of sp³-hybridized carbons (Fsp3) is 0.200. The summed E-state index contributed by atoms with van der Waals surface area (Å²) in [5, 5.41) is 19.1. The first-order chi connectivity index (χ1) is 14.5. The summed E-state index contributed by atoms with van der Waals surface area (Å²) in [6.07, 6.45) is 2.71. The summed E-state index contributed by atoms with van der Waals surface area (Å²) >= 11 is 0. The summed E-state index contributed by atoms with van der Waals surface area (Å²) in [5.41, 5.74) is 1.35. The van der Waals surface area contributed by atoms with Crippen molar-refractivity contribution in [3.63, 3.8) is 0 Å². The molecule has 0 radical (unpaired) electrons. The van der Waals surface area contributed by atoms with E-state index in [9.17, 15) is 9.18 Å². The first kappa shape index (κ1) is 19.4. The minimum absolute atomic E-state index is 0.123. The lowest BCUT2D eigenvalue weighted by Gasteiger charge is -2.19. The topological polar surface area (TPSA) is 103 Å². The Labute approximate surface area is 171 Å². The minimum Gasteiger partial charge on any atom is -0.324 e. The third kappa shape index (κ3) is 3.93. The average Bonchev–Trinajstić information content (AvgIpc) is 3.41. The Morgan fingerprint density at radius 2 is 1.93 bits per heavy atom. The predicted octanol–water partition coefficient (Wildman–Crippen LogP) is 2.90. The first-order valence-corrected chi connectivity index (χ1v) is 9.33. The van der Waals surface area contributed by atoms with Gasteiger partial charge in [0.15, 0.2) is 11.9 Å². The van der Waals surface area contributed by atoms with E-state index >= 15 is 0 Å². The van der Waals surface area contributed by atoms with Crippen molar-refractivity contribution in [2.45, 2.75) is 19.9 Å². The zero-order chi connectivity index (χ0) is 21.1. The molecule has 2 heterocycles. The summed E-state index contributed by atoms with van der Waals surface area (Å²) in [4.78, 5) is 18.0. The molecule has 0 fully saturated rings. The number of nitrogens with zero attached hydrogens (tertiary/aromatic N) is 7. The molecule has 0 aliphatic heterocycles. The number of hydrogen-bond acceptors (Lipinski definition) is 6. The second-order valence-corrected chi connectivity index (χ2v) is 6.98. The maximum atomic E-state index is 14.5. The van der Waals surface area contributed by atoms with Crippen LogP contribution < -0.4 is 5.32 Å². The third-order valence-corrected chi connectivity index (χ3v) is 4.49. The van der Waals surface area contributed by atoms with E-state index in [1.807, 2.05) is 44.2 Å². The lowest BCUT2D eigenvalue weighted by molar-refractivity contribution is -0.121. The number of carbonyl (C=O) groups excluding carboxylic acids is 1. The van der Waals surface area contributed by atoms with Crippen LogP contribution in [0.2, 0.25) is 0 Å². The van der Waals surface area contributed by atoms with E-state index in [2.05, 4.69) is 30.8 Å². The van der Waals surface area contributed by atoms with Crippen molar-refractivity contribution in [3.8, 4) is 17.1 Å². The lowest BCUT2D eigenvalue weighted by atomic mass is 10.0. The number of tetrazole rings is 1. The number of nitrogens with one attached hydrogen (secondary N) is 1. The Hall–Kier alpha value is -3.95. The smallest absolute Gasteiger partial charge is 0.251 e. The van der Waals surface area contributed by atoms with E-state index in [4.69, 9.17) is 0 Å². The molecule has 10 heteroatoms. The van der Waals surface area contributed by atoms with Crippen LogP contribution in [0.25, 0.3) is 17.1 Å². The zero-order valence-electron chi connectivity index (χ0n) is 16.3. The quantitative estimate of drug-likeness (QED) is 0.528. The van der Waals surface area contributed by atoms with Crippen molar-refractivity contribution in [3.05, 3.63) is 67.0 Å². The molecule has 4 rings (SSSR count). The van der Waals surface area contributed by atoms with Crippen molar-refractivity contribution >= 4 is 11.6 Å². The van der Waals surface area contributed by atoms with Gasteiger partial charge in [-0.25, -0.2) is 14.1 Å². The van der Waals surface area contributed by atoms with Crippen LogP contribution in [-0.2, 0) is 4.79 Å². The summed E-state index contributed by atoms with van der Waals surface area (Å²) in [5.74, 6) is -0.598. The van der Waals surface area contributed by atoms with E-state index < -0.39 is 11.9 Å². The molecule has 4 aromatic rings. The van der Waals surface area contributed by atoms with Crippen LogP contribution in [0.5, 0.6) is 0 Å². The highest BCUT2D eigenvalue weighted by Gasteiger charge is 2.27. The SMILES string of the molecule is CC(C)C(C(=O)Nc1ccc(-n2cncn2)c(F)c1)n1nnc(-c2ccccc2)n1. The lowest BCUT2D eigenvalue weighted by Crippen LogP contribution is -2.31. The number of rotatable bonds is 6. The number of amides is 1. The molecule has 0 saturated carbocycles. The van der Waals surface area contributed by atoms with Gasteiger partial charge in [0.1, 0.15) is 18.3 Å². The molecule has 0 saturated heterocycles. The molecule has 1 unspecified atom stereocenters. The Bertz CT molecular complexity index is 1140. The molecule has 0 aliphatic rings. The van der Waals surface area contributed by atoms with Gasteiger partial charge in [-0.2, -0.15) is 9.90 Å². The molecule has 30 heavy (non-hydrogen) atoms. The van der Waals surface area contributed by atoms with Gasteiger partial charge in [0, 0.05) is 11.3 Å². The molecular weight excluding hydrogens is 387 g/mol. The summed E-state index contributed by atoms with van der Waals surface area (Å²) in [6.45, 7) is 3.76. The largest absolute Gasteiger partial charge is 0.324 e. The molecule has 2 aromatic carbocycles. The average molecular weight is 406 g/mol. The van der Waals surface area contributed by atoms with Crippen molar-refractivity contribution in [2.24, 2.45) is 5.92 Å². The molecule has 0 spiro atoms. The van der Waals surface area contributed by atoms with Crippen LogP contribution in [0.1, 0.15) is 19.9 Å². The van der Waals surface area contributed by atoms with Gasteiger partial charge in [0.05, 0.1) is 0 Å². The Balaban J connectivity index is 1.55. The van der Waals surface area contributed by atoms with E-state index in [1.54, 1.807) is 6.07 Å². The van der Waals surface area contributed by atoms with Crippen LogP contribution in [0.4, 0.5) is 10.1 Å². The van der Waals surface area contributed by atoms with Crippen LogP contribution in [0.3, 0.4) is 0 Å². The highest BCUT2D eigenvalue weighted by Crippen LogP contribution is 2.22. The van der Waals surface area contributed by atoms with Crippen molar-refractivity contribution in [2.75, 3.05) is 5.32 Å². The minimum atomic E-state index is -0.715. The van der Waals surface area contributed by atoms with Crippen LogP contribution >= 0.6 is 0 Å². The molecule has 0 bridgehead atoms. The number of anilines is 1. The maximum absolute atomic E-state index is 14.5. The van der Waals surface area contributed by atoms with Crippen molar-refractivity contribution in [1.29, 1.82) is 0 Å². The summed E-state index contributed by atoms with van der Waals surface area (Å²) in [7, 11) is 0. The monoisotopic (exact) mass is 406 g/mol. The molecule has 1 atom stereocenters. The summed E-state index contributed by atoms with van der Waals surface area (Å²) in [6, 6.07) is 13.0. The van der Waals surface area contributed by atoms with Crippen molar-refractivity contribution < 1.29 is 9.18 Å². The van der Waals surface area contributed by atoms with Gasteiger partial charge in [0.25, 0.3) is 5.91 Å². The van der Waals surface area contributed by atoms with E-state index in [1.165, 1.54) is 34.3 Å². The number of hydrogen-bond donors (Lipinski definition) is 1. The zero-order valence-corrected chi connectivity index (χ0v) is 16.3. The second-order valence-electron chi connectivity index (χ2n) is 6.98. The maximum Gasteiger partial charge on any atom is 0.251 e. The second kappa shape index (κ2) is 8.19. The fourth-order valence-electron chi connectivity index (χ4n) is 3.04. The molecule has 1 amide bonds. The molecule has 0 aliphatic carbocycles. The number of benzene rings is 2. The van der Waals surface area contributed by atoms with Gasteiger partial charge >= 0.3 is 0 Å². The van der Waals surface area contributed by atoms with E-state index in [0.717, 1.165) is 5.56 Å². The predicted molar refractivity (Wildman–Crippen MR) is 107 cm³/mol. The van der Waals surface area contributed by atoms with Gasteiger partial charge < -0.3 is 5.32 Å². The van der Waals surface area contributed by atoms with E-state index in [0.29, 0.717) is 11.5 Å². The first-order valence-electron chi connectivity index (χ1n) is 9.33. The number of halogens is 1. The molecule has 1 N–H and O–H groups in total. The molecule has 9 nitrogen and oxygen atoms in total. The molecular formula is C20H19FN8O. The van der Waals surface area contributed by atoms with Crippen LogP contribution in [0.15, 0.2) is 61.2 Å². The summed E-state index contributed by atoms with van der Waals surface area (Å²) < 4.78 is 15.8. The Morgan fingerprint density at radius 1 is 1.13 bits per heavy atom. The normalized spacial score (nSPS) is 12.1.